The maximum atomic E-state index is 5.65. The van der Waals surface area contributed by atoms with Crippen molar-refractivity contribution in [2.45, 2.75) is 25.6 Å². The third-order valence-electron chi connectivity index (χ3n) is 1.74. The molecule has 1 unspecified atom stereocenters. The van der Waals surface area contributed by atoms with Gasteiger partial charge in [0.05, 0.1) is 5.69 Å². The number of nitrogens with zero attached hydrogens (tertiary/aromatic N) is 1. The zero-order valence-corrected chi connectivity index (χ0v) is 8.97. The van der Waals surface area contributed by atoms with E-state index in [1.807, 2.05) is 30.9 Å². The highest BCUT2D eigenvalue weighted by Gasteiger charge is 1.99. The highest BCUT2D eigenvalue weighted by Crippen LogP contribution is 2.13. The van der Waals surface area contributed by atoms with E-state index in [2.05, 4.69) is 18.0 Å². The Hall–Kier alpha value is -0.540. The maximum Gasteiger partial charge on any atom is 0.0531 e. The third-order valence-corrected chi connectivity index (χ3v) is 2.98. The molecular formula is C10H16N2S. The Bertz CT molecular complexity index is 261. The van der Waals surface area contributed by atoms with Crippen LogP contribution < -0.4 is 5.73 Å². The van der Waals surface area contributed by atoms with Gasteiger partial charge in [0.15, 0.2) is 0 Å². The predicted octanol–water partition coefficient (Wildman–Crippen LogP) is 1.97. The van der Waals surface area contributed by atoms with Crippen LogP contribution in [0.1, 0.15) is 18.2 Å². The molecule has 2 nitrogen and oxygen atoms in total. The summed E-state index contributed by atoms with van der Waals surface area (Å²) in [6.45, 7) is 4.12. The van der Waals surface area contributed by atoms with Crippen molar-refractivity contribution in [1.29, 1.82) is 0 Å². The van der Waals surface area contributed by atoms with Crippen molar-refractivity contribution >= 4 is 11.8 Å². The van der Waals surface area contributed by atoms with E-state index in [4.69, 9.17) is 5.73 Å². The first-order chi connectivity index (χ1) is 6.20. The minimum Gasteiger partial charge on any atom is -0.327 e. The molecule has 0 aromatic carbocycles. The van der Waals surface area contributed by atoms with Crippen LogP contribution in [0.4, 0.5) is 0 Å². The molecule has 0 amide bonds. The molecule has 0 saturated heterocycles. The van der Waals surface area contributed by atoms with E-state index in [1.165, 1.54) is 11.3 Å². The Balaban J connectivity index is 2.41. The molecule has 0 aliphatic rings. The maximum absolute atomic E-state index is 5.65. The molecule has 1 rings (SSSR count). The summed E-state index contributed by atoms with van der Waals surface area (Å²) < 4.78 is 0. The summed E-state index contributed by atoms with van der Waals surface area (Å²) in [5, 5.41) is 0. The molecule has 0 saturated carbocycles. The summed E-state index contributed by atoms with van der Waals surface area (Å²) in [6, 6.07) is 4.33. The monoisotopic (exact) mass is 196 g/mol. The van der Waals surface area contributed by atoms with Crippen LogP contribution in [0.25, 0.3) is 0 Å². The van der Waals surface area contributed by atoms with Crippen LogP contribution in [0.3, 0.4) is 0 Å². The van der Waals surface area contributed by atoms with Gasteiger partial charge in [0.1, 0.15) is 0 Å². The SMILES string of the molecule is Cc1cccnc1CSCC(C)N. The lowest BCUT2D eigenvalue weighted by Crippen LogP contribution is -2.17. The molecule has 1 aromatic heterocycles. The second kappa shape index (κ2) is 5.25. The normalized spacial score (nSPS) is 12.8. The van der Waals surface area contributed by atoms with Gasteiger partial charge in [-0.3, -0.25) is 4.98 Å². The first-order valence-electron chi connectivity index (χ1n) is 4.44. The molecule has 1 heterocycles. The van der Waals surface area contributed by atoms with Gasteiger partial charge in [0.2, 0.25) is 0 Å². The zero-order valence-electron chi connectivity index (χ0n) is 8.16. The number of rotatable bonds is 4. The lowest BCUT2D eigenvalue weighted by atomic mass is 10.2. The molecule has 3 heteroatoms. The largest absolute Gasteiger partial charge is 0.327 e. The number of aromatic nitrogens is 1. The molecule has 0 aliphatic heterocycles. The smallest absolute Gasteiger partial charge is 0.0531 e. The Morgan fingerprint density at radius 1 is 1.62 bits per heavy atom. The predicted molar refractivity (Wildman–Crippen MR) is 58.8 cm³/mol. The number of hydrogen-bond acceptors (Lipinski definition) is 3. The summed E-state index contributed by atoms with van der Waals surface area (Å²) in [7, 11) is 0. The average Bonchev–Trinajstić information content (AvgIpc) is 2.08. The molecule has 0 radical (unpaired) electrons. The Morgan fingerprint density at radius 3 is 3.00 bits per heavy atom. The lowest BCUT2D eigenvalue weighted by Gasteiger charge is -2.05. The van der Waals surface area contributed by atoms with Crippen LogP contribution in [0, 0.1) is 6.92 Å². The highest BCUT2D eigenvalue weighted by molar-refractivity contribution is 7.98. The quantitative estimate of drug-likeness (QED) is 0.800. The molecule has 1 aromatic rings. The number of aryl methyl sites for hydroxylation is 1. The van der Waals surface area contributed by atoms with E-state index in [1.54, 1.807) is 0 Å². The van der Waals surface area contributed by atoms with Gasteiger partial charge in [-0.2, -0.15) is 11.8 Å². The molecule has 13 heavy (non-hydrogen) atoms. The first-order valence-corrected chi connectivity index (χ1v) is 5.59. The Labute approximate surface area is 83.9 Å². The van der Waals surface area contributed by atoms with Crippen molar-refractivity contribution in [2.24, 2.45) is 5.73 Å². The summed E-state index contributed by atoms with van der Waals surface area (Å²) in [6.07, 6.45) is 1.84. The average molecular weight is 196 g/mol. The lowest BCUT2D eigenvalue weighted by molar-refractivity contribution is 0.846. The fourth-order valence-electron chi connectivity index (χ4n) is 1.01. The van der Waals surface area contributed by atoms with Crippen LogP contribution in [-0.4, -0.2) is 16.8 Å². The van der Waals surface area contributed by atoms with Crippen molar-refractivity contribution < 1.29 is 0 Å². The van der Waals surface area contributed by atoms with Crippen molar-refractivity contribution in [2.75, 3.05) is 5.75 Å². The Kier molecular flexibility index (Phi) is 4.25. The van der Waals surface area contributed by atoms with E-state index in [9.17, 15) is 0 Å². The number of nitrogens with two attached hydrogens (primary N) is 1. The van der Waals surface area contributed by atoms with Gasteiger partial charge in [-0.25, -0.2) is 0 Å². The van der Waals surface area contributed by atoms with Crippen molar-refractivity contribution in [3.8, 4) is 0 Å². The van der Waals surface area contributed by atoms with Crippen molar-refractivity contribution in [3.63, 3.8) is 0 Å². The minimum absolute atomic E-state index is 0.272. The third kappa shape index (κ3) is 3.79. The summed E-state index contributed by atoms with van der Waals surface area (Å²) in [5.74, 6) is 1.96. The fourth-order valence-corrected chi connectivity index (χ4v) is 2.00. The van der Waals surface area contributed by atoms with Crippen LogP contribution >= 0.6 is 11.8 Å². The molecule has 0 aliphatic carbocycles. The molecule has 72 valence electrons. The van der Waals surface area contributed by atoms with Crippen LogP contribution in [0.2, 0.25) is 0 Å². The number of pyridine rings is 1. The van der Waals surface area contributed by atoms with Crippen LogP contribution in [0.5, 0.6) is 0 Å². The summed E-state index contributed by atoms with van der Waals surface area (Å²) in [4.78, 5) is 4.31. The van der Waals surface area contributed by atoms with Crippen molar-refractivity contribution in [1.82, 2.24) is 4.98 Å². The highest BCUT2D eigenvalue weighted by atomic mass is 32.2. The molecule has 1 atom stereocenters. The van der Waals surface area contributed by atoms with E-state index in [-0.39, 0.29) is 6.04 Å². The van der Waals surface area contributed by atoms with E-state index < -0.39 is 0 Å². The van der Waals surface area contributed by atoms with Gasteiger partial charge < -0.3 is 5.73 Å². The van der Waals surface area contributed by atoms with Gasteiger partial charge in [0.25, 0.3) is 0 Å². The van der Waals surface area contributed by atoms with E-state index in [0.29, 0.717) is 0 Å². The van der Waals surface area contributed by atoms with Gasteiger partial charge in [0, 0.05) is 23.7 Å². The number of thioether (sulfide) groups is 1. The van der Waals surface area contributed by atoms with Crippen molar-refractivity contribution in [3.05, 3.63) is 29.6 Å². The summed E-state index contributed by atoms with van der Waals surface area (Å²) in [5.41, 5.74) is 8.09. The first kappa shape index (κ1) is 10.5. The standard InChI is InChI=1S/C10H16N2S/c1-8-4-3-5-12-10(8)7-13-6-9(2)11/h3-5,9H,6-7,11H2,1-2H3. The molecule has 0 bridgehead atoms. The molecule has 2 N–H and O–H groups in total. The second-order valence-electron chi connectivity index (χ2n) is 3.26. The van der Waals surface area contributed by atoms with Crippen LogP contribution in [-0.2, 0) is 5.75 Å². The molecular weight excluding hydrogens is 180 g/mol. The van der Waals surface area contributed by atoms with Gasteiger partial charge in [-0.05, 0) is 25.5 Å². The topological polar surface area (TPSA) is 38.9 Å². The van der Waals surface area contributed by atoms with Crippen LogP contribution in [0.15, 0.2) is 18.3 Å². The van der Waals surface area contributed by atoms with Gasteiger partial charge in [-0.1, -0.05) is 6.07 Å². The zero-order chi connectivity index (χ0) is 9.68. The van der Waals surface area contributed by atoms with Gasteiger partial charge in [-0.15, -0.1) is 0 Å². The molecule has 0 spiro atoms. The summed E-state index contributed by atoms with van der Waals surface area (Å²) >= 11 is 1.84. The van der Waals surface area contributed by atoms with Gasteiger partial charge >= 0.3 is 0 Å². The minimum atomic E-state index is 0.272. The second-order valence-corrected chi connectivity index (χ2v) is 4.29. The molecule has 0 fully saturated rings. The van der Waals surface area contributed by atoms with E-state index in [0.717, 1.165) is 11.5 Å². The Morgan fingerprint density at radius 2 is 2.38 bits per heavy atom. The fraction of sp³-hybridized carbons (Fsp3) is 0.500. The number of hydrogen-bond donors (Lipinski definition) is 1. The van der Waals surface area contributed by atoms with E-state index >= 15 is 0 Å².